The molecule has 98 valence electrons. The summed E-state index contributed by atoms with van der Waals surface area (Å²) < 4.78 is 0. The van der Waals surface area contributed by atoms with Crippen LogP contribution in [0.3, 0.4) is 0 Å². The van der Waals surface area contributed by atoms with Crippen LogP contribution in [0.2, 0.25) is 0 Å². The standard InChI is InChI=1S/C13H18N2O2S/c1-9-4-5-10(18)8-11(9)13(17)15(3)7-6-12(16)14-2/h4-5,8,18H,6-7H2,1-3H3,(H,14,16). The third-order valence-corrected chi connectivity index (χ3v) is 3.03. The number of hydrogen-bond donors (Lipinski definition) is 2. The van der Waals surface area contributed by atoms with E-state index in [4.69, 9.17) is 0 Å². The highest BCUT2D eigenvalue weighted by Crippen LogP contribution is 2.15. The van der Waals surface area contributed by atoms with Crippen molar-refractivity contribution in [3.63, 3.8) is 0 Å². The fourth-order valence-electron chi connectivity index (χ4n) is 1.54. The molecule has 0 radical (unpaired) electrons. The molecule has 0 fully saturated rings. The van der Waals surface area contributed by atoms with Crippen LogP contribution in [0.1, 0.15) is 22.3 Å². The Bertz CT molecular complexity index is 460. The first-order chi connectivity index (χ1) is 8.45. The zero-order valence-corrected chi connectivity index (χ0v) is 11.8. The highest BCUT2D eigenvalue weighted by atomic mass is 32.1. The van der Waals surface area contributed by atoms with Gasteiger partial charge in [0.25, 0.3) is 5.91 Å². The van der Waals surface area contributed by atoms with Crippen LogP contribution in [0, 0.1) is 6.92 Å². The molecule has 5 heteroatoms. The lowest BCUT2D eigenvalue weighted by Gasteiger charge is -2.18. The second-order valence-electron chi connectivity index (χ2n) is 4.15. The van der Waals surface area contributed by atoms with Gasteiger partial charge < -0.3 is 10.2 Å². The van der Waals surface area contributed by atoms with Crippen LogP contribution < -0.4 is 5.32 Å². The highest BCUT2D eigenvalue weighted by Gasteiger charge is 2.15. The third kappa shape index (κ3) is 3.77. The molecule has 0 saturated carbocycles. The molecule has 1 N–H and O–H groups in total. The number of nitrogens with zero attached hydrogens (tertiary/aromatic N) is 1. The van der Waals surface area contributed by atoms with E-state index in [1.165, 1.54) is 0 Å². The maximum Gasteiger partial charge on any atom is 0.253 e. The monoisotopic (exact) mass is 266 g/mol. The van der Waals surface area contributed by atoms with E-state index in [1.54, 1.807) is 25.1 Å². The lowest BCUT2D eigenvalue weighted by Crippen LogP contribution is -2.31. The summed E-state index contributed by atoms with van der Waals surface area (Å²) in [5, 5.41) is 2.53. The van der Waals surface area contributed by atoms with Gasteiger partial charge in [-0.25, -0.2) is 0 Å². The topological polar surface area (TPSA) is 49.4 Å². The number of carbonyl (C=O) groups excluding carboxylic acids is 2. The van der Waals surface area contributed by atoms with Gasteiger partial charge in [-0.05, 0) is 24.6 Å². The largest absolute Gasteiger partial charge is 0.359 e. The van der Waals surface area contributed by atoms with Gasteiger partial charge in [-0.15, -0.1) is 12.6 Å². The van der Waals surface area contributed by atoms with Crippen molar-refractivity contribution in [3.05, 3.63) is 29.3 Å². The second-order valence-corrected chi connectivity index (χ2v) is 4.67. The molecule has 2 amide bonds. The molecule has 4 nitrogen and oxygen atoms in total. The number of hydrogen-bond acceptors (Lipinski definition) is 3. The predicted octanol–water partition coefficient (Wildman–Crippen LogP) is 1.49. The first-order valence-electron chi connectivity index (χ1n) is 5.71. The second kappa shape index (κ2) is 6.44. The van der Waals surface area contributed by atoms with Crippen LogP contribution in [-0.4, -0.2) is 37.4 Å². The Hall–Kier alpha value is -1.49. The predicted molar refractivity (Wildman–Crippen MR) is 74.1 cm³/mol. The van der Waals surface area contributed by atoms with Gasteiger partial charge in [-0.1, -0.05) is 6.07 Å². The zero-order chi connectivity index (χ0) is 13.7. The number of benzene rings is 1. The molecule has 18 heavy (non-hydrogen) atoms. The summed E-state index contributed by atoms with van der Waals surface area (Å²) in [4.78, 5) is 25.6. The molecule has 1 rings (SSSR count). The summed E-state index contributed by atoms with van der Waals surface area (Å²) in [5.74, 6) is -0.165. The molecule has 0 atom stereocenters. The minimum Gasteiger partial charge on any atom is -0.359 e. The van der Waals surface area contributed by atoms with E-state index < -0.39 is 0 Å². The minimum atomic E-state index is -0.0905. The summed E-state index contributed by atoms with van der Waals surface area (Å²) in [6.07, 6.45) is 0.304. The van der Waals surface area contributed by atoms with E-state index in [1.807, 2.05) is 19.1 Å². The summed E-state index contributed by atoms with van der Waals surface area (Å²) in [5.41, 5.74) is 1.53. The van der Waals surface area contributed by atoms with Crippen LogP contribution >= 0.6 is 12.6 Å². The van der Waals surface area contributed by atoms with Gasteiger partial charge in [0, 0.05) is 37.5 Å². The number of carbonyl (C=O) groups is 2. The molecule has 0 aliphatic rings. The lowest BCUT2D eigenvalue weighted by atomic mass is 10.1. The van der Waals surface area contributed by atoms with Crippen LogP contribution in [0.5, 0.6) is 0 Å². The molecule has 1 aromatic rings. The van der Waals surface area contributed by atoms with E-state index in [0.717, 1.165) is 10.5 Å². The molecule has 0 aliphatic heterocycles. The summed E-state index contributed by atoms with van der Waals surface area (Å²) in [6.45, 7) is 2.28. The van der Waals surface area contributed by atoms with E-state index in [9.17, 15) is 9.59 Å². The molecule has 0 unspecified atom stereocenters. The Labute approximate surface area is 113 Å². The fraction of sp³-hybridized carbons (Fsp3) is 0.385. The molecular formula is C13H18N2O2S. The quantitative estimate of drug-likeness (QED) is 0.811. The molecule has 0 aromatic heterocycles. The van der Waals surface area contributed by atoms with Gasteiger partial charge in [0.05, 0.1) is 0 Å². The van der Waals surface area contributed by atoms with E-state index in [-0.39, 0.29) is 11.8 Å². The Balaban J connectivity index is 2.74. The highest BCUT2D eigenvalue weighted by molar-refractivity contribution is 7.80. The van der Waals surface area contributed by atoms with Gasteiger partial charge in [0.1, 0.15) is 0 Å². The van der Waals surface area contributed by atoms with Gasteiger partial charge >= 0.3 is 0 Å². The maximum absolute atomic E-state index is 12.2. The summed E-state index contributed by atoms with van der Waals surface area (Å²) >= 11 is 4.23. The van der Waals surface area contributed by atoms with E-state index in [0.29, 0.717) is 18.5 Å². The van der Waals surface area contributed by atoms with Crippen molar-refractivity contribution >= 4 is 24.4 Å². The molecule has 0 spiro atoms. The summed E-state index contributed by atoms with van der Waals surface area (Å²) in [7, 11) is 3.27. The average Bonchev–Trinajstić information content (AvgIpc) is 2.37. The van der Waals surface area contributed by atoms with Gasteiger partial charge in [-0.3, -0.25) is 9.59 Å². The average molecular weight is 266 g/mol. The zero-order valence-electron chi connectivity index (χ0n) is 10.9. The third-order valence-electron chi connectivity index (χ3n) is 2.75. The number of thiol groups is 1. The first-order valence-corrected chi connectivity index (χ1v) is 6.16. The Kier molecular flexibility index (Phi) is 5.22. The fourth-order valence-corrected chi connectivity index (χ4v) is 1.75. The minimum absolute atomic E-state index is 0.0747. The number of aryl methyl sites for hydroxylation is 1. The van der Waals surface area contributed by atoms with E-state index in [2.05, 4.69) is 17.9 Å². The SMILES string of the molecule is CNC(=O)CCN(C)C(=O)c1cc(S)ccc1C. The number of nitrogens with one attached hydrogen (secondary N) is 1. The van der Waals surface area contributed by atoms with E-state index >= 15 is 0 Å². The number of rotatable bonds is 4. The Morgan fingerprint density at radius 1 is 1.39 bits per heavy atom. The molecule has 0 bridgehead atoms. The van der Waals surface area contributed by atoms with Gasteiger partial charge in [0.2, 0.25) is 5.91 Å². The van der Waals surface area contributed by atoms with Crippen molar-refractivity contribution in [2.75, 3.05) is 20.6 Å². The summed E-state index contributed by atoms with van der Waals surface area (Å²) in [6, 6.07) is 5.46. The van der Waals surface area contributed by atoms with Crippen molar-refractivity contribution in [3.8, 4) is 0 Å². The van der Waals surface area contributed by atoms with Gasteiger partial charge in [-0.2, -0.15) is 0 Å². The van der Waals surface area contributed by atoms with Gasteiger partial charge in [0.15, 0.2) is 0 Å². The molecule has 0 saturated heterocycles. The molecule has 0 heterocycles. The van der Waals surface area contributed by atoms with Crippen molar-refractivity contribution in [2.24, 2.45) is 0 Å². The van der Waals surface area contributed by atoms with Crippen LogP contribution in [0.25, 0.3) is 0 Å². The molecule has 1 aromatic carbocycles. The number of amides is 2. The van der Waals surface area contributed by atoms with Crippen molar-refractivity contribution < 1.29 is 9.59 Å². The first kappa shape index (κ1) is 14.6. The Morgan fingerprint density at radius 2 is 2.06 bits per heavy atom. The van der Waals surface area contributed by atoms with Crippen LogP contribution in [0.15, 0.2) is 23.1 Å². The maximum atomic E-state index is 12.2. The normalized spacial score (nSPS) is 10.0. The smallest absolute Gasteiger partial charge is 0.253 e. The molecular weight excluding hydrogens is 248 g/mol. The van der Waals surface area contributed by atoms with Crippen molar-refractivity contribution in [2.45, 2.75) is 18.2 Å². The van der Waals surface area contributed by atoms with Crippen molar-refractivity contribution in [1.29, 1.82) is 0 Å². The van der Waals surface area contributed by atoms with Crippen molar-refractivity contribution in [1.82, 2.24) is 10.2 Å². The van der Waals surface area contributed by atoms with Crippen LogP contribution in [-0.2, 0) is 4.79 Å². The van der Waals surface area contributed by atoms with Crippen LogP contribution in [0.4, 0.5) is 0 Å². The lowest BCUT2D eigenvalue weighted by molar-refractivity contribution is -0.120. The Morgan fingerprint density at radius 3 is 2.67 bits per heavy atom. The molecule has 0 aliphatic carbocycles.